The van der Waals surface area contributed by atoms with Crippen molar-refractivity contribution in [2.45, 2.75) is 38.4 Å². The lowest BCUT2D eigenvalue weighted by atomic mass is 10.2. The average Bonchev–Trinajstić information content (AvgIpc) is 2.97. The smallest absolute Gasteiger partial charge is 0.370 e. The minimum absolute atomic E-state index is 0.0933. The Labute approximate surface area is 103 Å². The fourth-order valence-electron chi connectivity index (χ4n) is 1.75. The van der Waals surface area contributed by atoms with Crippen LogP contribution >= 0.6 is 0 Å². The summed E-state index contributed by atoms with van der Waals surface area (Å²) in [5, 5.41) is 5.45. The molecule has 0 atom stereocenters. The Kier molecular flexibility index (Phi) is 3.08. The van der Waals surface area contributed by atoms with Crippen LogP contribution in [-0.2, 0) is 0 Å². The number of alkyl halides is 3. The minimum Gasteiger partial charge on any atom is -0.370 e. The molecule has 0 aromatic carbocycles. The van der Waals surface area contributed by atoms with Crippen LogP contribution in [0.3, 0.4) is 0 Å². The van der Waals surface area contributed by atoms with Gasteiger partial charge in [-0.15, -0.1) is 0 Å². The van der Waals surface area contributed by atoms with E-state index in [1.54, 1.807) is 6.92 Å². The van der Waals surface area contributed by atoms with E-state index in [2.05, 4.69) is 20.6 Å². The molecule has 0 unspecified atom stereocenters. The quantitative estimate of drug-likeness (QED) is 0.874. The Morgan fingerprint density at radius 2 is 1.89 bits per heavy atom. The number of nitrogens with one attached hydrogen (secondary N) is 2. The number of nitrogens with zero attached hydrogens (tertiary/aromatic N) is 2. The van der Waals surface area contributed by atoms with E-state index in [1.165, 1.54) is 6.07 Å². The highest BCUT2D eigenvalue weighted by molar-refractivity contribution is 5.50. The zero-order valence-corrected chi connectivity index (χ0v) is 10.2. The summed E-state index contributed by atoms with van der Waals surface area (Å²) in [5.74, 6) is 1.19. The standard InChI is InChI=1S/C11H15F3N4/c1-3-15-8-6-9(17-7(2)16-8)18-10(4-5-10)11(12,13)14/h6H,3-5H2,1-2H3,(H2,15,16,17,18). The first kappa shape index (κ1) is 12.9. The summed E-state index contributed by atoms with van der Waals surface area (Å²) in [6.07, 6.45) is -4.06. The molecule has 1 aliphatic carbocycles. The van der Waals surface area contributed by atoms with Gasteiger partial charge in [0.05, 0.1) is 0 Å². The number of rotatable bonds is 4. The van der Waals surface area contributed by atoms with Crippen LogP contribution in [0.4, 0.5) is 24.8 Å². The van der Waals surface area contributed by atoms with E-state index >= 15 is 0 Å². The molecule has 7 heteroatoms. The van der Waals surface area contributed by atoms with Gasteiger partial charge in [0.1, 0.15) is 23.0 Å². The maximum absolute atomic E-state index is 12.8. The van der Waals surface area contributed by atoms with Crippen molar-refractivity contribution in [1.29, 1.82) is 0 Å². The minimum atomic E-state index is -4.25. The number of anilines is 2. The van der Waals surface area contributed by atoms with E-state index in [9.17, 15) is 13.2 Å². The predicted molar refractivity (Wildman–Crippen MR) is 62.6 cm³/mol. The van der Waals surface area contributed by atoms with Gasteiger partial charge in [0, 0.05) is 12.6 Å². The molecule has 1 heterocycles. The summed E-state index contributed by atoms with van der Waals surface area (Å²) in [6, 6.07) is 1.50. The van der Waals surface area contributed by atoms with Gasteiger partial charge < -0.3 is 10.6 Å². The number of hydrogen-bond donors (Lipinski definition) is 2. The Morgan fingerprint density at radius 1 is 1.28 bits per heavy atom. The van der Waals surface area contributed by atoms with Gasteiger partial charge in [-0.1, -0.05) is 0 Å². The van der Waals surface area contributed by atoms with Crippen molar-refractivity contribution in [2.24, 2.45) is 0 Å². The predicted octanol–water partition coefficient (Wildman–Crippen LogP) is 2.72. The van der Waals surface area contributed by atoms with Crippen LogP contribution in [0.15, 0.2) is 6.07 Å². The Morgan fingerprint density at radius 3 is 2.39 bits per heavy atom. The normalized spacial score (nSPS) is 17.4. The Balaban J connectivity index is 2.19. The maximum Gasteiger partial charge on any atom is 0.411 e. The van der Waals surface area contributed by atoms with E-state index in [0.29, 0.717) is 18.2 Å². The number of aryl methyl sites for hydroxylation is 1. The van der Waals surface area contributed by atoms with Crippen LogP contribution < -0.4 is 10.6 Å². The molecule has 18 heavy (non-hydrogen) atoms. The molecule has 1 fully saturated rings. The highest BCUT2D eigenvalue weighted by Gasteiger charge is 2.63. The monoisotopic (exact) mass is 260 g/mol. The van der Waals surface area contributed by atoms with Gasteiger partial charge in [-0.05, 0) is 26.7 Å². The summed E-state index contributed by atoms with van der Waals surface area (Å²) >= 11 is 0. The van der Waals surface area contributed by atoms with Crippen molar-refractivity contribution in [3.63, 3.8) is 0 Å². The van der Waals surface area contributed by atoms with E-state index in [0.717, 1.165) is 0 Å². The molecule has 100 valence electrons. The van der Waals surface area contributed by atoms with Crippen LogP contribution in [0.1, 0.15) is 25.6 Å². The molecule has 1 aromatic rings. The fourth-order valence-corrected chi connectivity index (χ4v) is 1.75. The van der Waals surface area contributed by atoms with Crippen LogP contribution in [0.5, 0.6) is 0 Å². The van der Waals surface area contributed by atoms with E-state index in [-0.39, 0.29) is 18.7 Å². The molecule has 1 aromatic heterocycles. The third kappa shape index (κ3) is 2.49. The second-order valence-electron chi connectivity index (χ2n) is 4.42. The van der Waals surface area contributed by atoms with Gasteiger partial charge in [0.25, 0.3) is 0 Å². The van der Waals surface area contributed by atoms with Crippen molar-refractivity contribution < 1.29 is 13.2 Å². The van der Waals surface area contributed by atoms with Crippen molar-refractivity contribution >= 4 is 11.6 Å². The van der Waals surface area contributed by atoms with Crippen LogP contribution in [-0.4, -0.2) is 28.2 Å². The van der Waals surface area contributed by atoms with Crippen molar-refractivity contribution in [3.05, 3.63) is 11.9 Å². The molecule has 1 saturated carbocycles. The summed E-state index contributed by atoms with van der Waals surface area (Å²) in [5.41, 5.74) is -1.79. The number of hydrogen-bond acceptors (Lipinski definition) is 4. The van der Waals surface area contributed by atoms with Gasteiger partial charge in [-0.2, -0.15) is 13.2 Å². The zero-order chi connectivity index (χ0) is 13.4. The molecule has 0 bridgehead atoms. The van der Waals surface area contributed by atoms with Crippen LogP contribution in [0.25, 0.3) is 0 Å². The zero-order valence-electron chi connectivity index (χ0n) is 10.2. The van der Waals surface area contributed by atoms with Gasteiger partial charge in [0.15, 0.2) is 0 Å². The fraction of sp³-hybridized carbons (Fsp3) is 0.636. The first-order valence-corrected chi connectivity index (χ1v) is 5.81. The highest BCUT2D eigenvalue weighted by atomic mass is 19.4. The summed E-state index contributed by atoms with van der Waals surface area (Å²) in [7, 11) is 0. The van der Waals surface area contributed by atoms with Crippen LogP contribution in [0, 0.1) is 6.92 Å². The first-order valence-electron chi connectivity index (χ1n) is 5.81. The molecular formula is C11H15F3N4. The Bertz CT molecular complexity index is 440. The van der Waals surface area contributed by atoms with Crippen molar-refractivity contribution in [3.8, 4) is 0 Å². The van der Waals surface area contributed by atoms with Gasteiger partial charge in [0.2, 0.25) is 0 Å². The number of aromatic nitrogens is 2. The lowest BCUT2D eigenvalue weighted by Crippen LogP contribution is -2.39. The second kappa shape index (κ2) is 4.29. The summed E-state index contributed by atoms with van der Waals surface area (Å²) in [6.45, 7) is 4.20. The molecular weight excluding hydrogens is 245 g/mol. The van der Waals surface area contributed by atoms with Gasteiger partial charge >= 0.3 is 6.18 Å². The molecule has 0 amide bonds. The molecule has 1 aliphatic rings. The summed E-state index contributed by atoms with van der Waals surface area (Å²) < 4.78 is 38.4. The second-order valence-corrected chi connectivity index (χ2v) is 4.42. The summed E-state index contributed by atoms with van der Waals surface area (Å²) in [4.78, 5) is 8.09. The van der Waals surface area contributed by atoms with Crippen LogP contribution in [0.2, 0.25) is 0 Å². The highest BCUT2D eigenvalue weighted by Crippen LogP contribution is 2.51. The molecule has 2 rings (SSSR count). The van der Waals surface area contributed by atoms with E-state index in [4.69, 9.17) is 0 Å². The molecule has 2 N–H and O–H groups in total. The molecule has 4 nitrogen and oxygen atoms in total. The average molecular weight is 260 g/mol. The lowest BCUT2D eigenvalue weighted by molar-refractivity contribution is -0.151. The molecule has 0 radical (unpaired) electrons. The molecule has 0 aliphatic heterocycles. The third-order valence-corrected chi connectivity index (χ3v) is 2.86. The molecule has 0 saturated heterocycles. The third-order valence-electron chi connectivity index (χ3n) is 2.86. The lowest BCUT2D eigenvalue weighted by Gasteiger charge is -2.21. The number of halogens is 3. The maximum atomic E-state index is 12.8. The first-order chi connectivity index (χ1) is 8.36. The SMILES string of the molecule is CCNc1cc(NC2(C(F)(F)F)CC2)nc(C)n1. The topological polar surface area (TPSA) is 49.8 Å². The van der Waals surface area contributed by atoms with Gasteiger partial charge in [-0.25, -0.2) is 9.97 Å². The van der Waals surface area contributed by atoms with Crippen molar-refractivity contribution in [1.82, 2.24) is 9.97 Å². The van der Waals surface area contributed by atoms with E-state index in [1.807, 2.05) is 6.92 Å². The van der Waals surface area contributed by atoms with Crippen molar-refractivity contribution in [2.75, 3.05) is 17.2 Å². The van der Waals surface area contributed by atoms with Gasteiger partial charge in [-0.3, -0.25) is 0 Å². The largest absolute Gasteiger partial charge is 0.411 e. The van der Waals surface area contributed by atoms with E-state index < -0.39 is 11.7 Å². The molecule has 0 spiro atoms. The Hall–Kier alpha value is -1.53.